The van der Waals surface area contributed by atoms with E-state index in [4.69, 9.17) is 5.73 Å². The number of H-pyrrole nitrogens is 1. The highest BCUT2D eigenvalue weighted by Gasteiger charge is 2.41. The van der Waals surface area contributed by atoms with Gasteiger partial charge >= 0.3 is 0 Å². The number of benzene rings is 2. The molecule has 1 saturated carbocycles. The number of nitrogens with one attached hydrogen (secondary N) is 2. The van der Waals surface area contributed by atoms with Crippen LogP contribution in [0.4, 0.5) is 0 Å². The first kappa shape index (κ1) is 24.7. The van der Waals surface area contributed by atoms with Crippen LogP contribution >= 0.6 is 0 Å². The van der Waals surface area contributed by atoms with E-state index in [1.807, 2.05) is 36.5 Å². The zero-order chi connectivity index (χ0) is 25.5. The molecule has 2 heterocycles. The van der Waals surface area contributed by atoms with Crippen molar-refractivity contribution >= 4 is 33.1 Å². The number of amides is 1. The monoisotopic (exact) mass is 508 g/mol. The Hall–Kier alpha value is -3.01. The van der Waals surface area contributed by atoms with Gasteiger partial charge < -0.3 is 20.8 Å². The number of aromatic nitrogens is 1. The second-order valence-corrected chi connectivity index (χ2v) is 12.2. The summed E-state index contributed by atoms with van der Waals surface area (Å²) in [6, 6.07) is 12.0. The summed E-state index contributed by atoms with van der Waals surface area (Å²) < 4.78 is 26.1. The number of sulfonamides is 1. The predicted molar refractivity (Wildman–Crippen MR) is 140 cm³/mol. The Kier molecular flexibility index (Phi) is 6.48. The molecule has 2 fully saturated rings. The van der Waals surface area contributed by atoms with Crippen molar-refractivity contribution in [3.63, 3.8) is 0 Å². The molecule has 0 atom stereocenters. The first-order valence-corrected chi connectivity index (χ1v) is 14.1. The fraction of sp³-hybridized carbons (Fsp3) is 0.407. The molecule has 1 aliphatic carbocycles. The quantitative estimate of drug-likeness (QED) is 0.383. The third kappa shape index (κ3) is 4.70. The number of fused-ring (bicyclic) bond motifs is 1. The van der Waals surface area contributed by atoms with Crippen LogP contribution in [-0.4, -0.2) is 54.3 Å². The maximum Gasteiger partial charge on any atom is 0.250 e. The number of hydrogen-bond acceptors (Lipinski definition) is 5. The van der Waals surface area contributed by atoms with E-state index < -0.39 is 15.9 Å². The van der Waals surface area contributed by atoms with Crippen molar-refractivity contribution in [1.29, 1.82) is 0 Å². The van der Waals surface area contributed by atoms with Gasteiger partial charge in [-0.15, -0.1) is 0 Å². The van der Waals surface area contributed by atoms with Crippen LogP contribution in [0.15, 0.2) is 42.6 Å². The summed E-state index contributed by atoms with van der Waals surface area (Å²) >= 11 is 0. The summed E-state index contributed by atoms with van der Waals surface area (Å²) in [5.74, 6) is -0.189. The Morgan fingerprint density at radius 3 is 2.44 bits per heavy atom. The molecule has 2 aromatic carbocycles. The molecule has 2 aliphatic rings. The van der Waals surface area contributed by atoms with Crippen LogP contribution < -0.4 is 11.1 Å². The molecule has 0 bridgehead atoms. The van der Waals surface area contributed by atoms with Crippen LogP contribution in [0.3, 0.4) is 0 Å². The molecule has 0 spiro atoms. The number of carbonyl (C=O) groups excluding carboxylic acids is 2. The molecule has 5 rings (SSSR count). The van der Waals surface area contributed by atoms with Crippen LogP contribution in [0.5, 0.6) is 0 Å². The number of nitrogens with two attached hydrogens (primary N) is 1. The van der Waals surface area contributed by atoms with Gasteiger partial charge in [-0.25, -0.2) is 12.7 Å². The highest BCUT2D eigenvalue weighted by atomic mass is 32.2. The number of piperidine rings is 1. The number of nitrogens with zero attached hydrogens (tertiary/aromatic N) is 1. The van der Waals surface area contributed by atoms with Crippen molar-refractivity contribution in [2.75, 3.05) is 18.8 Å². The van der Waals surface area contributed by atoms with Crippen LogP contribution in [0.25, 0.3) is 22.0 Å². The lowest BCUT2D eigenvalue weighted by molar-refractivity contribution is -0.110. The minimum Gasteiger partial charge on any atom is -0.366 e. The standard InChI is InChI=1S/C27H32N4O4S/c1-2-36(34,35)31-11-7-20(8-12-31)24-16-29-25-22(24)13-21(14-23(25)26(28)33)19-5-3-18(4-6-19)15-30-27(17-32)9-10-27/h3-6,13-14,16-17,20,29-30H,2,7-12,15H2,1H3,(H2,28,33). The Morgan fingerprint density at radius 2 is 1.86 bits per heavy atom. The van der Waals surface area contributed by atoms with E-state index in [-0.39, 0.29) is 17.2 Å². The molecular formula is C27H32N4O4S. The van der Waals surface area contributed by atoms with E-state index >= 15 is 0 Å². The van der Waals surface area contributed by atoms with Crippen molar-refractivity contribution in [2.45, 2.75) is 50.6 Å². The molecule has 1 aromatic heterocycles. The summed E-state index contributed by atoms with van der Waals surface area (Å²) in [4.78, 5) is 26.8. The Balaban J connectivity index is 1.42. The van der Waals surface area contributed by atoms with Gasteiger partial charge in [0, 0.05) is 31.2 Å². The maximum absolute atomic E-state index is 12.3. The molecule has 36 heavy (non-hydrogen) atoms. The summed E-state index contributed by atoms with van der Waals surface area (Å²) in [5, 5.41) is 4.27. The number of carbonyl (C=O) groups is 2. The second kappa shape index (κ2) is 9.46. The minimum absolute atomic E-state index is 0.114. The highest BCUT2D eigenvalue weighted by molar-refractivity contribution is 7.89. The van der Waals surface area contributed by atoms with Crippen molar-refractivity contribution in [3.05, 3.63) is 59.3 Å². The topological polar surface area (TPSA) is 125 Å². The molecule has 0 unspecified atom stereocenters. The van der Waals surface area contributed by atoms with Gasteiger partial charge in [0.2, 0.25) is 10.0 Å². The van der Waals surface area contributed by atoms with E-state index in [1.54, 1.807) is 11.2 Å². The van der Waals surface area contributed by atoms with E-state index in [2.05, 4.69) is 16.4 Å². The smallest absolute Gasteiger partial charge is 0.250 e. The Labute approximate surface area is 211 Å². The van der Waals surface area contributed by atoms with Gasteiger partial charge in [0.05, 0.1) is 22.4 Å². The minimum atomic E-state index is -3.19. The SMILES string of the molecule is CCS(=O)(=O)N1CCC(c2c[nH]c3c(C(N)=O)cc(-c4ccc(CNC5(C=O)CC5)cc4)cc23)CC1. The first-order chi connectivity index (χ1) is 17.2. The normalized spacial score (nSPS) is 18.4. The Bertz CT molecular complexity index is 1400. The lowest BCUT2D eigenvalue weighted by Gasteiger charge is -2.31. The van der Waals surface area contributed by atoms with Crippen molar-refractivity contribution in [2.24, 2.45) is 5.73 Å². The number of aromatic amines is 1. The van der Waals surface area contributed by atoms with Crippen LogP contribution in [0, 0.1) is 0 Å². The number of aldehydes is 1. The van der Waals surface area contributed by atoms with Gasteiger partial charge in [0.1, 0.15) is 6.29 Å². The fourth-order valence-electron chi connectivity index (χ4n) is 5.14. The van der Waals surface area contributed by atoms with Gasteiger partial charge in [-0.05, 0) is 72.9 Å². The molecular weight excluding hydrogens is 476 g/mol. The highest BCUT2D eigenvalue weighted by Crippen LogP contribution is 2.37. The maximum atomic E-state index is 12.3. The fourth-order valence-corrected chi connectivity index (χ4v) is 6.28. The molecule has 9 heteroatoms. The van der Waals surface area contributed by atoms with Crippen LogP contribution in [-0.2, 0) is 21.4 Å². The summed E-state index contributed by atoms with van der Waals surface area (Å²) in [6.45, 7) is 3.29. The van der Waals surface area contributed by atoms with E-state index in [9.17, 15) is 18.0 Å². The van der Waals surface area contributed by atoms with Crippen molar-refractivity contribution in [1.82, 2.24) is 14.6 Å². The molecule has 1 saturated heterocycles. The van der Waals surface area contributed by atoms with Crippen molar-refractivity contribution < 1.29 is 18.0 Å². The summed E-state index contributed by atoms with van der Waals surface area (Å²) in [7, 11) is -3.19. The third-order valence-corrected chi connectivity index (χ3v) is 9.57. The van der Waals surface area contributed by atoms with Gasteiger partial charge in [-0.3, -0.25) is 4.79 Å². The first-order valence-electron chi connectivity index (χ1n) is 12.5. The van der Waals surface area contributed by atoms with Gasteiger partial charge in [-0.1, -0.05) is 24.3 Å². The predicted octanol–water partition coefficient (Wildman–Crippen LogP) is 3.28. The Morgan fingerprint density at radius 1 is 1.17 bits per heavy atom. The summed E-state index contributed by atoms with van der Waals surface area (Å²) in [5.41, 5.74) is 10.6. The largest absolute Gasteiger partial charge is 0.366 e. The zero-order valence-corrected chi connectivity index (χ0v) is 21.2. The van der Waals surface area contributed by atoms with E-state index in [0.717, 1.165) is 59.6 Å². The lowest BCUT2D eigenvalue weighted by atomic mass is 9.88. The zero-order valence-electron chi connectivity index (χ0n) is 20.4. The van der Waals surface area contributed by atoms with Crippen LogP contribution in [0.1, 0.15) is 60.0 Å². The number of rotatable bonds is 9. The average molecular weight is 509 g/mol. The molecule has 1 amide bonds. The van der Waals surface area contributed by atoms with Crippen molar-refractivity contribution in [3.8, 4) is 11.1 Å². The number of hydrogen-bond donors (Lipinski definition) is 3. The summed E-state index contributed by atoms with van der Waals surface area (Å²) in [6.07, 6.45) is 6.17. The van der Waals surface area contributed by atoms with E-state index in [0.29, 0.717) is 30.7 Å². The molecule has 1 aliphatic heterocycles. The molecule has 8 nitrogen and oxygen atoms in total. The van der Waals surface area contributed by atoms with Gasteiger partial charge in [0.25, 0.3) is 5.91 Å². The van der Waals surface area contributed by atoms with Gasteiger partial charge in [-0.2, -0.15) is 0 Å². The average Bonchev–Trinajstić information content (AvgIpc) is 3.56. The molecule has 0 radical (unpaired) electrons. The molecule has 3 aromatic rings. The third-order valence-electron chi connectivity index (χ3n) is 7.68. The second-order valence-electron chi connectivity index (χ2n) is 9.95. The van der Waals surface area contributed by atoms with Crippen LogP contribution in [0.2, 0.25) is 0 Å². The number of primary amides is 1. The lowest BCUT2D eigenvalue weighted by Crippen LogP contribution is -2.38. The molecule has 190 valence electrons. The van der Waals surface area contributed by atoms with E-state index in [1.165, 1.54) is 0 Å². The van der Waals surface area contributed by atoms with Gasteiger partial charge in [0.15, 0.2) is 0 Å². The molecule has 4 N–H and O–H groups in total.